The number of hydrogen-bond donors (Lipinski definition) is 1. The predicted octanol–water partition coefficient (Wildman–Crippen LogP) is 3.14. The van der Waals surface area contributed by atoms with Gasteiger partial charge in [0, 0.05) is 31.5 Å². The van der Waals surface area contributed by atoms with E-state index >= 15 is 0 Å². The number of nitrogens with one attached hydrogen (secondary N) is 1. The summed E-state index contributed by atoms with van der Waals surface area (Å²) in [4.78, 5) is 7.01. The molecule has 0 amide bonds. The Bertz CT molecular complexity index is 365. The van der Waals surface area contributed by atoms with Crippen LogP contribution in [0.25, 0.3) is 0 Å². The van der Waals surface area contributed by atoms with Crippen molar-refractivity contribution in [1.82, 2.24) is 9.88 Å². The molecule has 1 aliphatic heterocycles. The summed E-state index contributed by atoms with van der Waals surface area (Å²) in [6.07, 6.45) is 5.96. The standard InChI is InChI=1S/C15H25N3/c1-3-5-13-7-9-18(11-13)12-15-10-14(16-4-2)6-8-17-15/h6,8,10,13H,3-5,7,9,11-12H2,1-2H3,(H,16,17). The highest BCUT2D eigenvalue weighted by molar-refractivity contribution is 5.42. The third-order valence-electron chi connectivity index (χ3n) is 3.65. The van der Waals surface area contributed by atoms with Crippen molar-refractivity contribution in [3.8, 4) is 0 Å². The summed E-state index contributed by atoms with van der Waals surface area (Å²) in [5.74, 6) is 0.909. The van der Waals surface area contributed by atoms with E-state index < -0.39 is 0 Å². The maximum absolute atomic E-state index is 4.47. The van der Waals surface area contributed by atoms with E-state index in [0.717, 1.165) is 19.0 Å². The van der Waals surface area contributed by atoms with Crippen LogP contribution < -0.4 is 5.32 Å². The van der Waals surface area contributed by atoms with Crippen LogP contribution in [0.5, 0.6) is 0 Å². The Morgan fingerprint density at radius 3 is 3.11 bits per heavy atom. The van der Waals surface area contributed by atoms with E-state index in [0.29, 0.717) is 0 Å². The molecule has 0 spiro atoms. The van der Waals surface area contributed by atoms with Gasteiger partial charge >= 0.3 is 0 Å². The third kappa shape index (κ3) is 3.70. The molecule has 3 heteroatoms. The van der Waals surface area contributed by atoms with E-state index in [2.05, 4.69) is 35.1 Å². The van der Waals surface area contributed by atoms with Crippen molar-refractivity contribution in [1.29, 1.82) is 0 Å². The minimum Gasteiger partial charge on any atom is -0.385 e. The highest BCUT2D eigenvalue weighted by Crippen LogP contribution is 2.22. The van der Waals surface area contributed by atoms with Gasteiger partial charge in [-0.25, -0.2) is 0 Å². The van der Waals surface area contributed by atoms with Gasteiger partial charge in [-0.05, 0) is 44.4 Å². The Kier molecular flexibility index (Phi) is 5.00. The third-order valence-corrected chi connectivity index (χ3v) is 3.65. The van der Waals surface area contributed by atoms with Gasteiger partial charge in [-0.15, -0.1) is 0 Å². The highest BCUT2D eigenvalue weighted by Gasteiger charge is 2.21. The average Bonchev–Trinajstić information content (AvgIpc) is 2.78. The topological polar surface area (TPSA) is 28.2 Å². The van der Waals surface area contributed by atoms with Crippen LogP contribution in [0.15, 0.2) is 18.3 Å². The molecule has 3 nitrogen and oxygen atoms in total. The summed E-state index contributed by atoms with van der Waals surface area (Å²) >= 11 is 0. The average molecular weight is 247 g/mol. The molecule has 0 bridgehead atoms. The Labute approximate surface area is 111 Å². The van der Waals surface area contributed by atoms with Gasteiger partial charge in [-0.2, -0.15) is 0 Å². The lowest BCUT2D eigenvalue weighted by Gasteiger charge is -2.16. The molecular formula is C15H25N3. The second kappa shape index (κ2) is 6.74. The Balaban J connectivity index is 1.88. The number of rotatable bonds is 6. The summed E-state index contributed by atoms with van der Waals surface area (Å²) in [6, 6.07) is 4.22. The number of anilines is 1. The molecule has 0 saturated carbocycles. The molecule has 1 atom stereocenters. The first-order valence-electron chi connectivity index (χ1n) is 7.23. The van der Waals surface area contributed by atoms with E-state index in [4.69, 9.17) is 0 Å². The number of hydrogen-bond acceptors (Lipinski definition) is 3. The van der Waals surface area contributed by atoms with E-state index in [-0.39, 0.29) is 0 Å². The molecule has 1 aromatic heterocycles. The van der Waals surface area contributed by atoms with Gasteiger partial charge in [-0.1, -0.05) is 13.3 Å². The van der Waals surface area contributed by atoms with Crippen molar-refractivity contribution in [3.05, 3.63) is 24.0 Å². The minimum absolute atomic E-state index is 0.909. The quantitative estimate of drug-likeness (QED) is 0.837. The molecule has 1 unspecified atom stereocenters. The first-order chi connectivity index (χ1) is 8.81. The summed E-state index contributed by atoms with van der Waals surface area (Å²) in [7, 11) is 0. The molecule has 0 aliphatic carbocycles. The fourth-order valence-electron chi connectivity index (χ4n) is 2.81. The zero-order chi connectivity index (χ0) is 12.8. The Morgan fingerprint density at radius 1 is 1.44 bits per heavy atom. The molecule has 1 fully saturated rings. The van der Waals surface area contributed by atoms with Gasteiger partial charge in [-0.3, -0.25) is 9.88 Å². The molecular weight excluding hydrogens is 222 g/mol. The molecule has 1 N–H and O–H groups in total. The molecule has 0 radical (unpaired) electrons. The fraction of sp³-hybridized carbons (Fsp3) is 0.667. The van der Waals surface area contributed by atoms with Crippen molar-refractivity contribution in [2.24, 2.45) is 5.92 Å². The van der Waals surface area contributed by atoms with Crippen LogP contribution in [0.4, 0.5) is 5.69 Å². The van der Waals surface area contributed by atoms with Crippen LogP contribution >= 0.6 is 0 Å². The molecule has 0 aromatic carbocycles. The van der Waals surface area contributed by atoms with Crippen LogP contribution in [-0.4, -0.2) is 29.5 Å². The maximum atomic E-state index is 4.47. The van der Waals surface area contributed by atoms with Crippen LogP contribution in [-0.2, 0) is 6.54 Å². The van der Waals surface area contributed by atoms with Gasteiger partial charge in [0.2, 0.25) is 0 Å². The lowest BCUT2D eigenvalue weighted by Crippen LogP contribution is -2.20. The lowest BCUT2D eigenvalue weighted by molar-refractivity contribution is 0.309. The smallest absolute Gasteiger partial charge is 0.0564 e. The molecule has 1 aliphatic rings. The largest absolute Gasteiger partial charge is 0.385 e. The lowest BCUT2D eigenvalue weighted by atomic mass is 10.0. The predicted molar refractivity (Wildman–Crippen MR) is 76.7 cm³/mol. The molecule has 18 heavy (non-hydrogen) atoms. The first-order valence-corrected chi connectivity index (χ1v) is 7.23. The molecule has 2 rings (SSSR count). The van der Waals surface area contributed by atoms with E-state index in [9.17, 15) is 0 Å². The summed E-state index contributed by atoms with van der Waals surface area (Å²) in [5.41, 5.74) is 2.37. The monoisotopic (exact) mass is 247 g/mol. The second-order valence-electron chi connectivity index (χ2n) is 5.24. The summed E-state index contributed by atoms with van der Waals surface area (Å²) in [5, 5.41) is 3.34. The molecule has 100 valence electrons. The Morgan fingerprint density at radius 2 is 2.33 bits per heavy atom. The number of pyridine rings is 1. The van der Waals surface area contributed by atoms with Crippen LogP contribution in [0.1, 0.15) is 38.8 Å². The van der Waals surface area contributed by atoms with Crippen molar-refractivity contribution >= 4 is 5.69 Å². The zero-order valence-electron chi connectivity index (χ0n) is 11.7. The van der Waals surface area contributed by atoms with E-state index in [1.807, 2.05) is 12.3 Å². The summed E-state index contributed by atoms with van der Waals surface area (Å²) < 4.78 is 0. The molecule has 1 aromatic rings. The van der Waals surface area contributed by atoms with Crippen molar-refractivity contribution in [3.63, 3.8) is 0 Å². The van der Waals surface area contributed by atoms with Crippen LogP contribution in [0, 0.1) is 5.92 Å². The van der Waals surface area contributed by atoms with Gasteiger partial charge in [0.1, 0.15) is 0 Å². The SMILES string of the molecule is CCCC1CCN(Cc2cc(NCC)ccn2)C1. The normalized spacial score (nSPS) is 20.2. The second-order valence-corrected chi connectivity index (χ2v) is 5.24. The Hall–Kier alpha value is -1.09. The zero-order valence-corrected chi connectivity index (χ0v) is 11.7. The van der Waals surface area contributed by atoms with Crippen molar-refractivity contribution in [2.45, 2.75) is 39.7 Å². The highest BCUT2D eigenvalue weighted by atomic mass is 15.1. The number of nitrogens with zero attached hydrogens (tertiary/aromatic N) is 2. The van der Waals surface area contributed by atoms with Crippen LogP contribution in [0.3, 0.4) is 0 Å². The van der Waals surface area contributed by atoms with Gasteiger partial charge < -0.3 is 5.32 Å². The van der Waals surface area contributed by atoms with Crippen LogP contribution in [0.2, 0.25) is 0 Å². The van der Waals surface area contributed by atoms with E-state index in [1.165, 1.54) is 43.7 Å². The van der Waals surface area contributed by atoms with Gasteiger partial charge in [0.05, 0.1) is 5.69 Å². The molecule has 2 heterocycles. The van der Waals surface area contributed by atoms with Crippen molar-refractivity contribution in [2.75, 3.05) is 25.0 Å². The first kappa shape index (κ1) is 13.3. The fourth-order valence-corrected chi connectivity index (χ4v) is 2.81. The minimum atomic E-state index is 0.909. The number of aromatic nitrogens is 1. The molecule has 1 saturated heterocycles. The summed E-state index contributed by atoms with van der Waals surface area (Å²) in [6.45, 7) is 8.85. The van der Waals surface area contributed by atoms with Gasteiger partial charge in [0.15, 0.2) is 0 Å². The maximum Gasteiger partial charge on any atom is 0.0564 e. The van der Waals surface area contributed by atoms with E-state index in [1.54, 1.807) is 0 Å². The number of likely N-dealkylation sites (tertiary alicyclic amines) is 1. The van der Waals surface area contributed by atoms with Crippen molar-refractivity contribution < 1.29 is 0 Å². The van der Waals surface area contributed by atoms with Gasteiger partial charge in [0.25, 0.3) is 0 Å².